The lowest BCUT2D eigenvalue weighted by atomic mass is 10.2. The molecule has 0 spiro atoms. The lowest BCUT2D eigenvalue weighted by molar-refractivity contribution is -0.124. The zero-order chi connectivity index (χ0) is 18.0. The van der Waals surface area contributed by atoms with Gasteiger partial charge in [0.1, 0.15) is 16.1 Å². The van der Waals surface area contributed by atoms with Crippen molar-refractivity contribution >= 4 is 38.9 Å². The average Bonchev–Trinajstić information content (AvgIpc) is 3.23. The molecule has 1 N–H and O–H groups in total. The lowest BCUT2D eigenvalue weighted by Gasteiger charge is -2.22. The number of hydrogen-bond donors (Lipinski definition) is 1. The molecular formula is C16H16ClFN2O3S2. The van der Waals surface area contributed by atoms with Gasteiger partial charge in [-0.2, -0.15) is 4.31 Å². The predicted molar refractivity (Wildman–Crippen MR) is 94.5 cm³/mol. The van der Waals surface area contributed by atoms with Crippen molar-refractivity contribution in [3.8, 4) is 0 Å². The van der Waals surface area contributed by atoms with Crippen molar-refractivity contribution in [2.75, 3.05) is 6.54 Å². The first kappa shape index (κ1) is 18.3. The van der Waals surface area contributed by atoms with Crippen LogP contribution in [-0.4, -0.2) is 31.2 Å². The van der Waals surface area contributed by atoms with Gasteiger partial charge in [0, 0.05) is 13.1 Å². The summed E-state index contributed by atoms with van der Waals surface area (Å²) in [6.07, 6.45) is 1.08. The Hall–Kier alpha value is -1.48. The van der Waals surface area contributed by atoms with Gasteiger partial charge in [-0.05, 0) is 42.7 Å². The molecule has 1 aromatic heterocycles. The highest BCUT2D eigenvalue weighted by atomic mass is 35.5. The molecule has 0 bridgehead atoms. The monoisotopic (exact) mass is 402 g/mol. The maximum Gasteiger partial charge on any atom is 0.253 e. The summed E-state index contributed by atoms with van der Waals surface area (Å²) in [5, 5.41) is 2.73. The number of sulfonamides is 1. The Morgan fingerprint density at radius 2 is 2.00 bits per heavy atom. The van der Waals surface area contributed by atoms with E-state index in [9.17, 15) is 17.6 Å². The fourth-order valence-corrected chi connectivity index (χ4v) is 6.02. The summed E-state index contributed by atoms with van der Waals surface area (Å²) >= 11 is 6.81. The second-order valence-corrected chi connectivity index (χ2v) is 9.51. The van der Waals surface area contributed by atoms with Crippen LogP contribution in [0.3, 0.4) is 0 Å². The molecule has 5 nitrogen and oxygen atoms in total. The number of carbonyl (C=O) groups is 1. The third kappa shape index (κ3) is 4.03. The van der Waals surface area contributed by atoms with Gasteiger partial charge in [0.25, 0.3) is 10.0 Å². The summed E-state index contributed by atoms with van der Waals surface area (Å²) < 4.78 is 40.1. The van der Waals surface area contributed by atoms with Crippen LogP contribution in [0.2, 0.25) is 4.34 Å². The van der Waals surface area contributed by atoms with Crippen LogP contribution in [-0.2, 0) is 21.4 Å². The lowest BCUT2D eigenvalue weighted by Crippen LogP contribution is -2.45. The molecule has 0 radical (unpaired) electrons. The molecule has 0 aliphatic carbocycles. The van der Waals surface area contributed by atoms with Gasteiger partial charge in [-0.3, -0.25) is 4.79 Å². The molecular weight excluding hydrogens is 387 g/mol. The summed E-state index contributed by atoms with van der Waals surface area (Å²) in [6.45, 7) is 0.515. The number of benzene rings is 1. The molecule has 2 aromatic rings. The number of rotatable bonds is 5. The van der Waals surface area contributed by atoms with Crippen LogP contribution < -0.4 is 5.32 Å². The largest absolute Gasteiger partial charge is 0.351 e. The summed E-state index contributed by atoms with van der Waals surface area (Å²) in [5.41, 5.74) is 0.743. The second kappa shape index (κ2) is 7.41. The Morgan fingerprint density at radius 1 is 1.28 bits per heavy atom. The van der Waals surface area contributed by atoms with Gasteiger partial charge in [0.05, 0.1) is 4.34 Å². The van der Waals surface area contributed by atoms with E-state index in [1.165, 1.54) is 28.6 Å². The molecule has 1 amide bonds. The zero-order valence-electron chi connectivity index (χ0n) is 13.1. The minimum Gasteiger partial charge on any atom is -0.351 e. The summed E-state index contributed by atoms with van der Waals surface area (Å²) in [6, 6.07) is 8.01. The fraction of sp³-hybridized carbons (Fsp3) is 0.312. The first-order valence-corrected chi connectivity index (χ1v) is 10.3. The fourth-order valence-electron chi connectivity index (χ4n) is 2.75. The Balaban J connectivity index is 1.70. The Labute approximate surface area is 154 Å². The maximum absolute atomic E-state index is 12.9. The Morgan fingerprint density at radius 3 is 2.64 bits per heavy atom. The van der Waals surface area contributed by atoms with E-state index in [0.29, 0.717) is 23.7 Å². The quantitative estimate of drug-likeness (QED) is 0.836. The third-order valence-corrected chi connectivity index (χ3v) is 7.60. The van der Waals surface area contributed by atoms with Gasteiger partial charge in [0.15, 0.2) is 0 Å². The molecule has 1 aliphatic heterocycles. The predicted octanol–water partition coefficient (Wildman–Crippen LogP) is 3.01. The van der Waals surface area contributed by atoms with Crippen molar-refractivity contribution in [2.45, 2.75) is 29.6 Å². The molecule has 25 heavy (non-hydrogen) atoms. The van der Waals surface area contributed by atoms with E-state index in [-0.39, 0.29) is 22.5 Å². The molecule has 1 aromatic carbocycles. The van der Waals surface area contributed by atoms with E-state index >= 15 is 0 Å². The Kier molecular flexibility index (Phi) is 5.43. The van der Waals surface area contributed by atoms with Crippen molar-refractivity contribution in [3.63, 3.8) is 0 Å². The molecule has 1 saturated heterocycles. The van der Waals surface area contributed by atoms with E-state index in [1.807, 2.05) is 0 Å². The van der Waals surface area contributed by atoms with Gasteiger partial charge in [-0.25, -0.2) is 12.8 Å². The molecule has 9 heteroatoms. The molecule has 2 heterocycles. The smallest absolute Gasteiger partial charge is 0.253 e. The van der Waals surface area contributed by atoms with Crippen molar-refractivity contribution < 1.29 is 17.6 Å². The number of hydrogen-bond acceptors (Lipinski definition) is 4. The molecule has 0 saturated carbocycles. The number of halogens is 2. The topological polar surface area (TPSA) is 66.5 Å². The van der Waals surface area contributed by atoms with Crippen molar-refractivity contribution in [3.05, 3.63) is 52.1 Å². The number of carbonyl (C=O) groups excluding carboxylic acids is 1. The van der Waals surface area contributed by atoms with Crippen LogP contribution in [0, 0.1) is 5.82 Å². The molecule has 134 valence electrons. The molecule has 3 rings (SSSR count). The maximum atomic E-state index is 12.9. The van der Waals surface area contributed by atoms with Gasteiger partial charge >= 0.3 is 0 Å². The minimum atomic E-state index is -3.74. The molecule has 1 fully saturated rings. The zero-order valence-corrected chi connectivity index (χ0v) is 15.5. The number of amides is 1. The van der Waals surface area contributed by atoms with E-state index in [2.05, 4.69) is 5.32 Å². The van der Waals surface area contributed by atoms with Gasteiger partial charge in [-0.1, -0.05) is 23.7 Å². The van der Waals surface area contributed by atoms with Crippen LogP contribution in [0.5, 0.6) is 0 Å². The minimum absolute atomic E-state index is 0.135. The van der Waals surface area contributed by atoms with Gasteiger partial charge in [0.2, 0.25) is 5.91 Å². The average molecular weight is 403 g/mol. The van der Waals surface area contributed by atoms with Crippen molar-refractivity contribution in [1.29, 1.82) is 0 Å². The number of nitrogens with one attached hydrogen (secondary N) is 1. The molecule has 1 aliphatic rings. The summed E-state index contributed by atoms with van der Waals surface area (Å²) in [5.74, 6) is -0.703. The van der Waals surface area contributed by atoms with Gasteiger partial charge in [-0.15, -0.1) is 11.3 Å². The highest BCUT2D eigenvalue weighted by molar-refractivity contribution is 7.91. The highest BCUT2D eigenvalue weighted by Crippen LogP contribution is 2.32. The van der Waals surface area contributed by atoms with E-state index in [1.54, 1.807) is 12.1 Å². The van der Waals surface area contributed by atoms with Crippen LogP contribution in [0.1, 0.15) is 18.4 Å². The third-order valence-electron chi connectivity index (χ3n) is 4.00. The van der Waals surface area contributed by atoms with Crippen LogP contribution in [0.4, 0.5) is 4.39 Å². The van der Waals surface area contributed by atoms with Crippen molar-refractivity contribution in [2.24, 2.45) is 0 Å². The SMILES string of the molecule is O=C(NCc1ccc(F)cc1)C1CCCN1S(=O)(=O)c1ccc(Cl)s1. The second-order valence-electron chi connectivity index (χ2n) is 5.68. The summed E-state index contributed by atoms with van der Waals surface area (Å²) in [7, 11) is -3.74. The van der Waals surface area contributed by atoms with Crippen LogP contribution in [0.25, 0.3) is 0 Å². The van der Waals surface area contributed by atoms with Gasteiger partial charge < -0.3 is 5.32 Å². The van der Waals surface area contributed by atoms with E-state index in [0.717, 1.165) is 16.9 Å². The molecule has 1 unspecified atom stereocenters. The van der Waals surface area contributed by atoms with Crippen LogP contribution in [0.15, 0.2) is 40.6 Å². The first-order valence-electron chi connectivity index (χ1n) is 7.67. The van der Waals surface area contributed by atoms with Crippen LogP contribution >= 0.6 is 22.9 Å². The number of thiophene rings is 1. The van der Waals surface area contributed by atoms with Crippen molar-refractivity contribution in [1.82, 2.24) is 9.62 Å². The van der Waals surface area contributed by atoms with E-state index in [4.69, 9.17) is 11.6 Å². The normalized spacial score (nSPS) is 18.4. The standard InChI is InChI=1S/C16H16ClFN2O3S2/c17-14-7-8-15(24-14)25(22,23)20-9-1-2-13(20)16(21)19-10-11-3-5-12(18)6-4-11/h3-8,13H,1-2,9-10H2,(H,19,21). The number of nitrogens with zero attached hydrogens (tertiary/aromatic N) is 1. The molecule has 1 atom stereocenters. The van der Waals surface area contributed by atoms with E-state index < -0.39 is 16.1 Å². The highest BCUT2D eigenvalue weighted by Gasteiger charge is 2.39. The first-order chi connectivity index (χ1) is 11.9. The Bertz CT molecular complexity index is 868. The summed E-state index contributed by atoms with van der Waals surface area (Å²) in [4.78, 5) is 12.5.